The van der Waals surface area contributed by atoms with Crippen LogP contribution in [0, 0.1) is 26.7 Å². The van der Waals surface area contributed by atoms with Crippen LogP contribution in [-0.4, -0.2) is 57.7 Å². The highest BCUT2D eigenvalue weighted by atomic mass is 16.2. The molecule has 5 nitrogen and oxygen atoms in total. The largest absolute Gasteiger partial charge is 0.338 e. The van der Waals surface area contributed by atoms with Crippen LogP contribution in [0.1, 0.15) is 61.0 Å². The van der Waals surface area contributed by atoms with Gasteiger partial charge < -0.3 is 9.80 Å². The van der Waals surface area contributed by atoms with Crippen molar-refractivity contribution < 1.29 is 4.79 Å². The first-order valence-corrected chi connectivity index (χ1v) is 12.6. The van der Waals surface area contributed by atoms with Crippen molar-refractivity contribution >= 4 is 5.91 Å². The SMILES string of the molecule is Cc1cc(C)n(CC(=O)N(CC2CCN(CCc3ccccc3C)CC2)C2CCCC2)n1. The second kappa shape index (κ2) is 10.7. The Hall–Kier alpha value is -2.14. The molecule has 5 heteroatoms. The Kier molecular flexibility index (Phi) is 7.67. The molecule has 1 amide bonds. The van der Waals surface area contributed by atoms with Crippen LogP contribution in [0.4, 0.5) is 0 Å². The van der Waals surface area contributed by atoms with E-state index in [-0.39, 0.29) is 5.91 Å². The first kappa shape index (κ1) is 23.0. The van der Waals surface area contributed by atoms with Crippen LogP contribution < -0.4 is 0 Å². The topological polar surface area (TPSA) is 41.4 Å². The number of carbonyl (C=O) groups excluding carboxylic acids is 1. The van der Waals surface area contributed by atoms with Crippen LogP contribution in [0.15, 0.2) is 30.3 Å². The van der Waals surface area contributed by atoms with Gasteiger partial charge in [-0.15, -0.1) is 0 Å². The summed E-state index contributed by atoms with van der Waals surface area (Å²) in [4.78, 5) is 18.2. The standard InChI is InChI=1S/C27H40N4O/c1-21-8-4-5-9-25(21)14-17-29-15-12-24(13-16-29)19-30(26-10-6-7-11-26)27(32)20-31-23(3)18-22(2)28-31/h4-5,8-9,18,24,26H,6-7,10-17,19-20H2,1-3H3. The molecule has 4 rings (SSSR count). The van der Waals surface area contributed by atoms with Gasteiger partial charge in [-0.3, -0.25) is 9.48 Å². The van der Waals surface area contributed by atoms with E-state index in [1.165, 1.54) is 36.8 Å². The average Bonchev–Trinajstić information content (AvgIpc) is 3.42. The molecule has 0 radical (unpaired) electrons. The Balaban J connectivity index is 1.30. The minimum Gasteiger partial charge on any atom is -0.338 e. The van der Waals surface area contributed by atoms with Crippen molar-refractivity contribution in [2.24, 2.45) is 5.92 Å². The van der Waals surface area contributed by atoms with Gasteiger partial charge in [0.25, 0.3) is 0 Å². The minimum atomic E-state index is 0.255. The molecule has 0 spiro atoms. The molecule has 32 heavy (non-hydrogen) atoms. The van der Waals surface area contributed by atoms with Gasteiger partial charge in [0, 0.05) is 24.8 Å². The summed E-state index contributed by atoms with van der Waals surface area (Å²) in [5.41, 5.74) is 4.93. The Bertz CT molecular complexity index is 891. The second-order valence-corrected chi connectivity index (χ2v) is 10.0. The number of carbonyl (C=O) groups is 1. The molecular weight excluding hydrogens is 396 g/mol. The van der Waals surface area contributed by atoms with Crippen LogP contribution in [0.25, 0.3) is 0 Å². The van der Waals surface area contributed by atoms with Crippen molar-refractivity contribution in [1.29, 1.82) is 0 Å². The predicted molar refractivity (Wildman–Crippen MR) is 130 cm³/mol. The highest BCUT2D eigenvalue weighted by Gasteiger charge is 2.30. The van der Waals surface area contributed by atoms with Crippen LogP contribution in [0.3, 0.4) is 0 Å². The number of aryl methyl sites for hydroxylation is 3. The van der Waals surface area contributed by atoms with E-state index >= 15 is 0 Å². The van der Waals surface area contributed by atoms with Gasteiger partial charge in [0.05, 0.1) is 5.69 Å². The third-order valence-electron chi connectivity index (χ3n) is 7.59. The van der Waals surface area contributed by atoms with Crippen LogP contribution >= 0.6 is 0 Å². The molecule has 174 valence electrons. The van der Waals surface area contributed by atoms with Gasteiger partial charge in [-0.1, -0.05) is 37.1 Å². The van der Waals surface area contributed by atoms with Crippen molar-refractivity contribution in [2.45, 2.75) is 78.3 Å². The Morgan fingerprint density at radius 3 is 2.44 bits per heavy atom. The molecule has 0 bridgehead atoms. The smallest absolute Gasteiger partial charge is 0.244 e. The molecule has 1 aliphatic heterocycles. The molecule has 2 aliphatic rings. The van der Waals surface area contributed by atoms with Crippen molar-refractivity contribution in [2.75, 3.05) is 26.2 Å². The zero-order valence-electron chi connectivity index (χ0n) is 20.2. The van der Waals surface area contributed by atoms with Crippen molar-refractivity contribution in [3.63, 3.8) is 0 Å². The highest BCUT2D eigenvalue weighted by Crippen LogP contribution is 2.27. The lowest BCUT2D eigenvalue weighted by Crippen LogP contribution is -2.46. The van der Waals surface area contributed by atoms with Crippen molar-refractivity contribution in [1.82, 2.24) is 19.6 Å². The first-order valence-electron chi connectivity index (χ1n) is 12.6. The fourth-order valence-corrected chi connectivity index (χ4v) is 5.56. The molecule has 1 saturated carbocycles. The summed E-state index contributed by atoms with van der Waals surface area (Å²) >= 11 is 0. The third-order valence-corrected chi connectivity index (χ3v) is 7.59. The summed E-state index contributed by atoms with van der Waals surface area (Å²) in [5.74, 6) is 0.875. The number of rotatable bonds is 8. The first-order chi connectivity index (χ1) is 15.5. The van der Waals surface area contributed by atoms with Gasteiger partial charge >= 0.3 is 0 Å². The monoisotopic (exact) mass is 436 g/mol. The molecule has 2 fully saturated rings. The van der Waals surface area contributed by atoms with Crippen molar-refractivity contribution in [3.05, 3.63) is 52.8 Å². The molecule has 0 atom stereocenters. The zero-order chi connectivity index (χ0) is 22.5. The summed E-state index contributed by atoms with van der Waals surface area (Å²) in [7, 11) is 0. The number of amides is 1. The van der Waals surface area contributed by atoms with E-state index in [1.54, 1.807) is 0 Å². The molecule has 0 unspecified atom stereocenters. The summed E-state index contributed by atoms with van der Waals surface area (Å²) in [6.45, 7) is 11.0. The van der Waals surface area contributed by atoms with Gasteiger partial charge in [-0.25, -0.2) is 0 Å². The Morgan fingerprint density at radius 2 is 1.78 bits per heavy atom. The quantitative estimate of drug-likeness (QED) is 0.610. The van der Waals surface area contributed by atoms with Gasteiger partial charge in [0.2, 0.25) is 5.91 Å². The molecule has 2 heterocycles. The summed E-state index contributed by atoms with van der Waals surface area (Å²) in [6, 6.07) is 11.2. The van der Waals surface area contributed by atoms with Crippen LogP contribution in [-0.2, 0) is 17.8 Å². The second-order valence-electron chi connectivity index (χ2n) is 10.0. The van der Waals surface area contributed by atoms with Gasteiger partial charge in [-0.05, 0) is 89.1 Å². The zero-order valence-corrected chi connectivity index (χ0v) is 20.2. The lowest BCUT2D eigenvalue weighted by molar-refractivity contribution is -0.135. The molecule has 1 saturated heterocycles. The van der Waals surface area contributed by atoms with E-state index in [0.717, 1.165) is 56.8 Å². The number of nitrogens with zero attached hydrogens (tertiary/aromatic N) is 4. The normalized spacial score (nSPS) is 18.3. The van der Waals surface area contributed by atoms with E-state index in [2.05, 4.69) is 52.2 Å². The van der Waals surface area contributed by atoms with E-state index in [1.807, 2.05) is 18.5 Å². The maximum Gasteiger partial charge on any atom is 0.244 e. The molecule has 0 N–H and O–H groups in total. The van der Waals surface area contributed by atoms with Crippen molar-refractivity contribution in [3.8, 4) is 0 Å². The van der Waals surface area contributed by atoms with Gasteiger partial charge in [0.1, 0.15) is 6.54 Å². The fourth-order valence-electron chi connectivity index (χ4n) is 5.56. The average molecular weight is 437 g/mol. The molecule has 2 aromatic rings. The number of likely N-dealkylation sites (tertiary alicyclic amines) is 1. The maximum atomic E-state index is 13.3. The molecule has 1 aromatic heterocycles. The Labute approximate surface area is 193 Å². The van der Waals surface area contributed by atoms with Crippen LogP contribution in [0.5, 0.6) is 0 Å². The van der Waals surface area contributed by atoms with Gasteiger partial charge in [-0.2, -0.15) is 5.10 Å². The number of hydrogen-bond acceptors (Lipinski definition) is 3. The summed E-state index contributed by atoms with van der Waals surface area (Å²) < 4.78 is 1.88. The number of hydrogen-bond donors (Lipinski definition) is 0. The van der Waals surface area contributed by atoms with Gasteiger partial charge in [0.15, 0.2) is 0 Å². The Morgan fingerprint density at radius 1 is 1.06 bits per heavy atom. The highest BCUT2D eigenvalue weighted by molar-refractivity contribution is 5.76. The summed E-state index contributed by atoms with van der Waals surface area (Å²) in [6.07, 6.45) is 8.37. The maximum absolute atomic E-state index is 13.3. The lowest BCUT2D eigenvalue weighted by Gasteiger charge is -2.37. The molecular formula is C27H40N4O. The third kappa shape index (κ3) is 5.80. The fraction of sp³-hybridized carbons (Fsp3) is 0.630. The number of piperidine rings is 1. The molecule has 1 aliphatic carbocycles. The predicted octanol–water partition coefficient (Wildman–Crippen LogP) is 4.53. The van der Waals surface area contributed by atoms with E-state index in [9.17, 15) is 4.79 Å². The minimum absolute atomic E-state index is 0.255. The van der Waals surface area contributed by atoms with E-state index < -0.39 is 0 Å². The number of benzene rings is 1. The summed E-state index contributed by atoms with van der Waals surface area (Å²) in [5, 5.41) is 4.53. The lowest BCUT2D eigenvalue weighted by atomic mass is 9.94. The number of aromatic nitrogens is 2. The van der Waals surface area contributed by atoms with E-state index in [4.69, 9.17) is 0 Å². The molecule has 1 aromatic carbocycles. The van der Waals surface area contributed by atoms with E-state index in [0.29, 0.717) is 18.5 Å². The van der Waals surface area contributed by atoms with Crippen LogP contribution in [0.2, 0.25) is 0 Å².